The first-order valence-electron chi connectivity index (χ1n) is 4.91. The average molecular weight is 169 g/mol. The molecule has 11 heavy (non-hydrogen) atoms. The second-order valence-corrected chi connectivity index (χ2v) is 3.12. The molecule has 0 nitrogen and oxygen atoms in total. The Balaban J connectivity index is -0.000000135. The molecule has 66 valence electrons. The Morgan fingerprint density at radius 1 is 0.636 bits per heavy atom. The molecule has 0 rings (SSSR count). The first-order valence-corrected chi connectivity index (χ1v) is 4.91. The zero-order chi connectivity index (χ0) is 7.66. The molecule has 0 aliphatic carbocycles. The largest absolute Gasteiger partial charge is 2.00 e. The third-order valence-electron chi connectivity index (χ3n) is 1.96. The van der Waals surface area contributed by atoms with Crippen molar-refractivity contribution in [1.82, 2.24) is 0 Å². The summed E-state index contributed by atoms with van der Waals surface area (Å²) in [5.41, 5.74) is 0. The molecule has 0 N–H and O–H groups in total. The molecule has 0 radical (unpaired) electrons. The molecule has 0 aromatic carbocycles. The van der Waals surface area contributed by atoms with Crippen LogP contribution in [0, 0.1) is 0 Å². The maximum Gasteiger partial charge on any atom is 2.00 e. The molecule has 0 heterocycles. The summed E-state index contributed by atoms with van der Waals surface area (Å²) in [5.74, 6) is 0. The van der Waals surface area contributed by atoms with Gasteiger partial charge in [0.25, 0.3) is 0 Å². The molecule has 0 fully saturated rings. The van der Waals surface area contributed by atoms with Crippen molar-refractivity contribution in [2.24, 2.45) is 0 Å². The van der Waals surface area contributed by atoms with E-state index in [0.29, 0.717) is 0 Å². The Morgan fingerprint density at radius 2 is 0.909 bits per heavy atom. The van der Waals surface area contributed by atoms with Crippen LogP contribution in [-0.2, 0) is 0 Å². The molecule has 0 unspecified atom stereocenters. The van der Waals surface area contributed by atoms with Crippen LogP contribution >= 0.6 is 0 Å². The molecule has 0 aliphatic heterocycles. The number of unbranched alkanes of at least 4 members (excludes halogenated alkanes) is 7. The molecule has 1 heteroatoms. The van der Waals surface area contributed by atoms with E-state index in [0.717, 1.165) is 0 Å². The Labute approximate surface area is 91.3 Å². The zero-order valence-electron chi connectivity index (χ0n) is 10.4. The van der Waals surface area contributed by atoms with E-state index in [2.05, 4.69) is 13.8 Å². The van der Waals surface area contributed by atoms with Crippen LogP contribution in [0.2, 0.25) is 0 Å². The monoisotopic (exact) mass is 168 g/mol. The minimum absolute atomic E-state index is 0. The van der Waals surface area contributed by atoms with Crippen molar-refractivity contribution in [2.45, 2.75) is 65.2 Å². The van der Waals surface area contributed by atoms with E-state index in [1.54, 1.807) is 0 Å². The minimum atomic E-state index is 0. The third-order valence-corrected chi connectivity index (χ3v) is 1.96. The van der Waals surface area contributed by atoms with Crippen LogP contribution in [0.25, 0.3) is 0 Å². The third kappa shape index (κ3) is 13.7. The van der Waals surface area contributed by atoms with E-state index in [4.69, 9.17) is 0 Å². The molecule has 0 aromatic heterocycles. The Kier molecular flexibility index (Phi) is 17.4. The molecular formula is C10H24Mg. The molecule has 0 aromatic rings. The van der Waals surface area contributed by atoms with Gasteiger partial charge in [-0.15, -0.1) is 0 Å². The van der Waals surface area contributed by atoms with Crippen molar-refractivity contribution in [1.29, 1.82) is 0 Å². The van der Waals surface area contributed by atoms with Gasteiger partial charge in [-0.05, 0) is 0 Å². The summed E-state index contributed by atoms with van der Waals surface area (Å²) in [5, 5.41) is 0. The number of hydrogen-bond acceptors (Lipinski definition) is 0. The van der Waals surface area contributed by atoms with Crippen LogP contribution < -0.4 is 0 Å². The minimum Gasteiger partial charge on any atom is -1.00 e. The Hall–Kier alpha value is 0.766. The number of rotatable bonds is 7. The van der Waals surface area contributed by atoms with Gasteiger partial charge >= 0.3 is 23.1 Å². The van der Waals surface area contributed by atoms with Gasteiger partial charge in [-0.1, -0.05) is 65.2 Å². The van der Waals surface area contributed by atoms with Crippen molar-refractivity contribution >= 4 is 23.1 Å². The van der Waals surface area contributed by atoms with Crippen molar-refractivity contribution in [2.75, 3.05) is 0 Å². The summed E-state index contributed by atoms with van der Waals surface area (Å²) in [6, 6.07) is 0. The Bertz CT molecular complexity index is 52.9. The predicted octanol–water partition coefficient (Wildman–Crippen LogP) is 3.99. The van der Waals surface area contributed by atoms with Gasteiger partial charge < -0.3 is 2.85 Å². The van der Waals surface area contributed by atoms with Crippen LogP contribution in [0.4, 0.5) is 0 Å². The summed E-state index contributed by atoms with van der Waals surface area (Å²) in [7, 11) is 0. The van der Waals surface area contributed by atoms with Gasteiger partial charge in [0.2, 0.25) is 0 Å². The van der Waals surface area contributed by atoms with E-state index in [1.165, 1.54) is 51.4 Å². The quantitative estimate of drug-likeness (QED) is 0.398. The van der Waals surface area contributed by atoms with Crippen LogP contribution in [0.15, 0.2) is 0 Å². The summed E-state index contributed by atoms with van der Waals surface area (Å²) < 4.78 is 0. The predicted molar refractivity (Wildman–Crippen MR) is 56.3 cm³/mol. The topological polar surface area (TPSA) is 0 Å². The summed E-state index contributed by atoms with van der Waals surface area (Å²) in [6.07, 6.45) is 11.5. The smallest absolute Gasteiger partial charge is 1.00 e. The van der Waals surface area contributed by atoms with E-state index >= 15 is 0 Å². The summed E-state index contributed by atoms with van der Waals surface area (Å²) >= 11 is 0. The maximum atomic E-state index is 2.27. The fourth-order valence-corrected chi connectivity index (χ4v) is 1.21. The fourth-order valence-electron chi connectivity index (χ4n) is 1.21. The van der Waals surface area contributed by atoms with E-state index in [9.17, 15) is 0 Å². The van der Waals surface area contributed by atoms with Crippen LogP contribution in [0.3, 0.4) is 0 Å². The maximum absolute atomic E-state index is 2.27. The van der Waals surface area contributed by atoms with Gasteiger partial charge in [-0.25, -0.2) is 0 Å². The molecule has 0 saturated carbocycles. The number of hydrogen-bond donors (Lipinski definition) is 0. The van der Waals surface area contributed by atoms with Gasteiger partial charge in [0.05, 0.1) is 0 Å². The van der Waals surface area contributed by atoms with Crippen LogP contribution in [0.1, 0.15) is 68.1 Å². The molecular weight excluding hydrogens is 144 g/mol. The normalized spacial score (nSPS) is 9.27. The van der Waals surface area contributed by atoms with Gasteiger partial charge in [-0.2, -0.15) is 0 Å². The fraction of sp³-hybridized carbons (Fsp3) is 1.00. The molecule has 0 aliphatic rings. The van der Waals surface area contributed by atoms with E-state index in [1.807, 2.05) is 0 Å². The molecule has 0 spiro atoms. The standard InChI is InChI=1S/C10H22.Mg.2H/c1-3-5-7-9-10-8-6-4-2;;;/h3-10H2,1-2H3;;;/q;+2;2*-1. The average Bonchev–Trinajstić information content (AvgIpc) is 1.97. The van der Waals surface area contributed by atoms with Crippen molar-refractivity contribution in [3.63, 3.8) is 0 Å². The van der Waals surface area contributed by atoms with Gasteiger partial charge in [0.1, 0.15) is 0 Å². The van der Waals surface area contributed by atoms with Gasteiger partial charge in [-0.3, -0.25) is 0 Å². The van der Waals surface area contributed by atoms with Gasteiger partial charge in [0, 0.05) is 0 Å². The van der Waals surface area contributed by atoms with Crippen LogP contribution in [-0.4, -0.2) is 23.1 Å². The Morgan fingerprint density at radius 3 is 1.18 bits per heavy atom. The van der Waals surface area contributed by atoms with Crippen LogP contribution in [0.5, 0.6) is 0 Å². The second kappa shape index (κ2) is 13.4. The SMILES string of the molecule is CCCCCCCCCC.[H-].[H-].[Mg+2]. The molecule has 0 amide bonds. The van der Waals surface area contributed by atoms with E-state index < -0.39 is 0 Å². The first kappa shape index (κ1) is 14.3. The van der Waals surface area contributed by atoms with Gasteiger partial charge in [0.15, 0.2) is 0 Å². The summed E-state index contributed by atoms with van der Waals surface area (Å²) in [6.45, 7) is 4.54. The summed E-state index contributed by atoms with van der Waals surface area (Å²) in [4.78, 5) is 0. The molecule has 0 atom stereocenters. The van der Waals surface area contributed by atoms with Crippen molar-refractivity contribution in [3.05, 3.63) is 0 Å². The van der Waals surface area contributed by atoms with Crippen molar-refractivity contribution in [3.8, 4) is 0 Å². The first-order chi connectivity index (χ1) is 4.91. The van der Waals surface area contributed by atoms with E-state index in [-0.39, 0.29) is 25.9 Å². The van der Waals surface area contributed by atoms with Crippen molar-refractivity contribution < 1.29 is 2.85 Å². The second-order valence-electron chi connectivity index (χ2n) is 3.12. The molecule has 0 bridgehead atoms. The zero-order valence-corrected chi connectivity index (χ0v) is 9.78. The molecule has 0 saturated heterocycles.